The van der Waals surface area contributed by atoms with E-state index < -0.39 is 0 Å². The van der Waals surface area contributed by atoms with Crippen molar-refractivity contribution >= 4 is 16.7 Å². The zero-order valence-corrected chi connectivity index (χ0v) is 12.5. The van der Waals surface area contributed by atoms with Gasteiger partial charge in [-0.15, -0.1) is 0 Å². The molecule has 0 aliphatic carbocycles. The number of H-pyrrole nitrogens is 1. The predicted octanol–water partition coefficient (Wildman–Crippen LogP) is 1.67. The van der Waals surface area contributed by atoms with Gasteiger partial charge in [-0.2, -0.15) is 5.10 Å². The van der Waals surface area contributed by atoms with Crippen LogP contribution in [0.4, 0.5) is 5.82 Å². The molecule has 2 aromatic heterocycles. The largest absolute Gasteiger partial charge is 0.353 e. The molecule has 0 unspecified atom stereocenters. The maximum atomic E-state index is 4.29. The van der Waals surface area contributed by atoms with Gasteiger partial charge in [0.25, 0.3) is 0 Å². The van der Waals surface area contributed by atoms with Crippen LogP contribution in [-0.4, -0.2) is 51.2 Å². The zero-order valence-electron chi connectivity index (χ0n) is 12.5. The Hall–Kier alpha value is -2.47. The molecule has 1 N–H and O–H groups in total. The summed E-state index contributed by atoms with van der Waals surface area (Å²) in [4.78, 5) is 12.9. The van der Waals surface area contributed by atoms with Crippen molar-refractivity contribution in [3.8, 4) is 0 Å². The number of aromatic amines is 1. The molecule has 3 aromatic rings. The molecule has 22 heavy (non-hydrogen) atoms. The highest BCUT2D eigenvalue weighted by molar-refractivity contribution is 5.78. The van der Waals surface area contributed by atoms with Crippen LogP contribution in [0, 0.1) is 0 Å². The number of likely N-dealkylation sites (N-methyl/N-ethyl adjacent to an activating group) is 1. The van der Waals surface area contributed by atoms with Gasteiger partial charge >= 0.3 is 0 Å². The summed E-state index contributed by atoms with van der Waals surface area (Å²) >= 11 is 0. The molecule has 1 fully saturated rings. The smallest absolute Gasteiger partial charge is 0.132 e. The molecule has 6 nitrogen and oxygen atoms in total. The highest BCUT2D eigenvalue weighted by atomic mass is 15.3. The number of nitrogens with zero attached hydrogens (tertiary/aromatic N) is 5. The van der Waals surface area contributed by atoms with E-state index in [1.165, 1.54) is 10.9 Å². The van der Waals surface area contributed by atoms with Crippen molar-refractivity contribution in [2.24, 2.45) is 0 Å². The van der Waals surface area contributed by atoms with E-state index in [1.54, 1.807) is 12.5 Å². The van der Waals surface area contributed by atoms with Crippen LogP contribution in [0.2, 0.25) is 0 Å². The second-order valence-electron chi connectivity index (χ2n) is 5.83. The topological polar surface area (TPSA) is 60.9 Å². The molecular weight excluding hydrogens is 276 g/mol. The molecular formula is C16H18N6. The minimum Gasteiger partial charge on any atom is -0.353 e. The van der Waals surface area contributed by atoms with Crippen LogP contribution < -0.4 is 4.90 Å². The molecule has 0 spiro atoms. The maximum Gasteiger partial charge on any atom is 0.132 e. The van der Waals surface area contributed by atoms with Crippen LogP contribution in [0.3, 0.4) is 0 Å². The third kappa shape index (κ3) is 2.42. The molecule has 0 radical (unpaired) electrons. The lowest BCUT2D eigenvalue weighted by Crippen LogP contribution is -2.58. The first-order valence-electron chi connectivity index (χ1n) is 7.43. The number of fused-ring (bicyclic) bond motifs is 1. The minimum absolute atomic E-state index is 0.565. The molecule has 0 amide bonds. The minimum atomic E-state index is 0.565. The number of hydrogen-bond donors (Lipinski definition) is 1. The van der Waals surface area contributed by atoms with E-state index in [2.05, 4.69) is 55.2 Å². The Kier molecular flexibility index (Phi) is 3.23. The van der Waals surface area contributed by atoms with Crippen molar-refractivity contribution in [3.63, 3.8) is 0 Å². The van der Waals surface area contributed by atoms with Crippen molar-refractivity contribution in [3.05, 3.63) is 48.5 Å². The van der Waals surface area contributed by atoms with Gasteiger partial charge in [0.1, 0.15) is 12.1 Å². The van der Waals surface area contributed by atoms with Crippen LogP contribution >= 0.6 is 0 Å². The molecule has 0 atom stereocenters. The highest BCUT2D eigenvalue weighted by Crippen LogP contribution is 2.22. The van der Waals surface area contributed by atoms with Crippen molar-refractivity contribution in [2.75, 3.05) is 25.0 Å². The van der Waals surface area contributed by atoms with E-state index in [4.69, 9.17) is 0 Å². The predicted molar refractivity (Wildman–Crippen MR) is 85.6 cm³/mol. The summed E-state index contributed by atoms with van der Waals surface area (Å²) in [6.07, 6.45) is 5.27. The van der Waals surface area contributed by atoms with Crippen LogP contribution in [0.5, 0.6) is 0 Å². The third-order valence-corrected chi connectivity index (χ3v) is 4.31. The van der Waals surface area contributed by atoms with Gasteiger partial charge in [0.15, 0.2) is 0 Å². The Morgan fingerprint density at radius 2 is 2.23 bits per heavy atom. The first-order chi connectivity index (χ1) is 10.8. The third-order valence-electron chi connectivity index (χ3n) is 4.31. The maximum absolute atomic E-state index is 4.29. The van der Waals surface area contributed by atoms with Crippen LogP contribution in [-0.2, 0) is 6.54 Å². The molecule has 6 heteroatoms. The standard InChI is InChI=1S/C16H18N6/c1-21(8-12-2-3-15-13(6-12)7-19-20-15)14-9-22(10-14)16-4-5-17-11-18-16/h2-7,11,14H,8-10H2,1H3,(H,19,20). The number of benzene rings is 1. The zero-order chi connectivity index (χ0) is 14.9. The Bertz CT molecular complexity index is 762. The Labute approximate surface area is 128 Å². The van der Waals surface area contributed by atoms with Crippen molar-refractivity contribution < 1.29 is 0 Å². The number of nitrogens with one attached hydrogen (secondary N) is 1. The molecule has 112 valence electrons. The monoisotopic (exact) mass is 294 g/mol. The highest BCUT2D eigenvalue weighted by Gasteiger charge is 2.30. The lowest BCUT2D eigenvalue weighted by molar-refractivity contribution is 0.197. The molecule has 0 bridgehead atoms. The Morgan fingerprint density at radius 3 is 3.05 bits per heavy atom. The number of aromatic nitrogens is 4. The van der Waals surface area contributed by atoms with Crippen molar-refractivity contribution in [2.45, 2.75) is 12.6 Å². The fraction of sp³-hybridized carbons (Fsp3) is 0.312. The second kappa shape index (κ2) is 5.38. The molecule has 1 aliphatic rings. The summed E-state index contributed by atoms with van der Waals surface area (Å²) < 4.78 is 0. The number of hydrogen-bond acceptors (Lipinski definition) is 5. The summed E-state index contributed by atoms with van der Waals surface area (Å²) in [6, 6.07) is 8.99. The first kappa shape index (κ1) is 13.2. The van der Waals surface area contributed by atoms with Crippen molar-refractivity contribution in [1.29, 1.82) is 0 Å². The van der Waals surface area contributed by atoms with Gasteiger partial charge in [-0.25, -0.2) is 9.97 Å². The lowest BCUT2D eigenvalue weighted by Gasteiger charge is -2.44. The van der Waals surface area contributed by atoms with Gasteiger partial charge in [-0.05, 0) is 30.8 Å². The number of anilines is 1. The molecule has 1 aliphatic heterocycles. The summed E-state index contributed by atoms with van der Waals surface area (Å²) in [5.41, 5.74) is 2.40. The Balaban J connectivity index is 1.38. The molecule has 4 rings (SSSR count). The SMILES string of the molecule is CN(Cc1ccc2[nH]ncc2c1)C1CN(c2ccncn2)C1. The van der Waals surface area contributed by atoms with E-state index in [0.29, 0.717) is 6.04 Å². The second-order valence-corrected chi connectivity index (χ2v) is 5.83. The van der Waals surface area contributed by atoms with Crippen molar-refractivity contribution in [1.82, 2.24) is 25.1 Å². The van der Waals surface area contributed by atoms with E-state index in [1.807, 2.05) is 12.3 Å². The normalized spacial score (nSPS) is 15.5. The van der Waals surface area contributed by atoms with Gasteiger partial charge in [0.05, 0.1) is 11.7 Å². The summed E-state index contributed by atoms with van der Waals surface area (Å²) in [7, 11) is 2.18. The van der Waals surface area contributed by atoms with Crippen LogP contribution in [0.15, 0.2) is 43.0 Å². The Morgan fingerprint density at radius 1 is 1.32 bits per heavy atom. The van der Waals surface area contributed by atoms with Crippen LogP contribution in [0.1, 0.15) is 5.56 Å². The molecule has 1 aromatic carbocycles. The summed E-state index contributed by atoms with van der Waals surface area (Å²) in [5, 5.41) is 8.23. The van der Waals surface area contributed by atoms with E-state index in [9.17, 15) is 0 Å². The first-order valence-corrected chi connectivity index (χ1v) is 7.43. The fourth-order valence-corrected chi connectivity index (χ4v) is 2.90. The van der Waals surface area contributed by atoms with Crippen LogP contribution in [0.25, 0.3) is 10.9 Å². The number of rotatable bonds is 4. The van der Waals surface area contributed by atoms with E-state index in [-0.39, 0.29) is 0 Å². The van der Waals surface area contributed by atoms with Gasteiger partial charge in [0.2, 0.25) is 0 Å². The lowest BCUT2D eigenvalue weighted by atomic mass is 10.1. The van der Waals surface area contributed by atoms with Gasteiger partial charge < -0.3 is 4.90 Å². The molecule has 0 saturated carbocycles. The average molecular weight is 294 g/mol. The quantitative estimate of drug-likeness (QED) is 0.793. The molecule has 1 saturated heterocycles. The summed E-state index contributed by atoms with van der Waals surface area (Å²) in [6.45, 7) is 2.98. The van der Waals surface area contributed by atoms with Gasteiger partial charge in [0, 0.05) is 37.3 Å². The fourth-order valence-electron chi connectivity index (χ4n) is 2.90. The molecule has 3 heterocycles. The average Bonchev–Trinajstić information content (AvgIpc) is 2.94. The van der Waals surface area contributed by atoms with E-state index >= 15 is 0 Å². The van der Waals surface area contributed by atoms with Gasteiger partial charge in [-0.3, -0.25) is 10.00 Å². The van der Waals surface area contributed by atoms with Gasteiger partial charge in [-0.1, -0.05) is 6.07 Å². The summed E-state index contributed by atoms with van der Waals surface area (Å²) in [5.74, 6) is 1.01. The van der Waals surface area contributed by atoms with E-state index in [0.717, 1.165) is 31.0 Å².